The number of ether oxygens (including phenoxy) is 1. The molecule has 1 amide bonds. The van der Waals surface area contributed by atoms with Gasteiger partial charge >= 0.3 is 6.36 Å². The maximum absolute atomic E-state index is 12.3. The molecular weight excluding hydrogens is 339 g/mol. The lowest BCUT2D eigenvalue weighted by molar-refractivity contribution is -0.274. The van der Waals surface area contributed by atoms with E-state index in [0.717, 1.165) is 12.1 Å². The van der Waals surface area contributed by atoms with Gasteiger partial charge in [-0.3, -0.25) is 4.79 Å². The van der Waals surface area contributed by atoms with E-state index in [9.17, 15) is 18.0 Å². The Morgan fingerprint density at radius 1 is 1.28 bits per heavy atom. The van der Waals surface area contributed by atoms with Crippen molar-refractivity contribution in [2.75, 3.05) is 13.1 Å². The average Bonchev–Trinajstić information content (AvgIpc) is 2.94. The number of amides is 1. The first-order valence-corrected chi connectivity index (χ1v) is 7.71. The van der Waals surface area contributed by atoms with Crippen molar-refractivity contribution in [1.82, 2.24) is 15.0 Å². The van der Waals surface area contributed by atoms with Crippen molar-refractivity contribution in [1.29, 1.82) is 0 Å². The smallest absolute Gasteiger partial charge is 0.406 e. The highest BCUT2D eigenvalue weighted by molar-refractivity contribution is 5.95. The highest BCUT2D eigenvalue weighted by Crippen LogP contribution is 2.29. The van der Waals surface area contributed by atoms with Gasteiger partial charge < -0.3 is 14.2 Å². The molecular formula is C16H16F3N3O3. The summed E-state index contributed by atoms with van der Waals surface area (Å²) < 4.78 is 45.4. The number of nitrogens with zero attached hydrogens (tertiary/aromatic N) is 3. The standard InChI is InChI=1S/C16H16F3N3O3/c1-9(2)13-20-14(25-21-13)11-7-22(8-11)15(23)10-3-5-12(6-4-10)24-16(17,18)19/h3-6,9,11H,7-8H2,1-2H3. The minimum Gasteiger partial charge on any atom is -0.406 e. The lowest BCUT2D eigenvalue weighted by atomic mass is 9.98. The Hall–Kier alpha value is -2.58. The highest BCUT2D eigenvalue weighted by Gasteiger charge is 2.36. The van der Waals surface area contributed by atoms with Crippen molar-refractivity contribution in [2.24, 2.45) is 0 Å². The van der Waals surface area contributed by atoms with Gasteiger partial charge in [0.1, 0.15) is 5.75 Å². The van der Waals surface area contributed by atoms with Crippen LogP contribution in [-0.2, 0) is 0 Å². The number of hydrogen-bond donors (Lipinski definition) is 0. The maximum atomic E-state index is 12.3. The summed E-state index contributed by atoms with van der Waals surface area (Å²) in [5, 5.41) is 3.89. The number of hydrogen-bond acceptors (Lipinski definition) is 5. The molecule has 1 aromatic heterocycles. The molecule has 0 unspecified atom stereocenters. The van der Waals surface area contributed by atoms with Crippen LogP contribution in [-0.4, -0.2) is 40.4 Å². The van der Waals surface area contributed by atoms with Crippen LogP contribution in [0.4, 0.5) is 13.2 Å². The van der Waals surface area contributed by atoms with Crippen molar-refractivity contribution in [3.05, 3.63) is 41.5 Å². The molecule has 6 nitrogen and oxygen atoms in total. The number of carbonyl (C=O) groups is 1. The van der Waals surface area contributed by atoms with Gasteiger partial charge in [-0.15, -0.1) is 13.2 Å². The van der Waals surface area contributed by atoms with Crippen molar-refractivity contribution < 1.29 is 27.2 Å². The van der Waals surface area contributed by atoms with Crippen LogP contribution in [0.3, 0.4) is 0 Å². The van der Waals surface area contributed by atoms with E-state index in [2.05, 4.69) is 14.9 Å². The second-order valence-corrected chi connectivity index (χ2v) is 6.12. The summed E-state index contributed by atoms with van der Waals surface area (Å²) >= 11 is 0. The second-order valence-electron chi connectivity index (χ2n) is 6.12. The predicted octanol–water partition coefficient (Wildman–Crippen LogP) is 3.33. The molecule has 3 rings (SSSR count). The molecule has 0 spiro atoms. The summed E-state index contributed by atoms with van der Waals surface area (Å²) in [7, 11) is 0. The molecule has 0 atom stereocenters. The molecule has 0 N–H and O–H groups in total. The van der Waals surface area contributed by atoms with Crippen molar-refractivity contribution in [3.8, 4) is 5.75 Å². The van der Waals surface area contributed by atoms with E-state index in [1.165, 1.54) is 12.1 Å². The van der Waals surface area contributed by atoms with Gasteiger partial charge in [-0.25, -0.2) is 0 Å². The summed E-state index contributed by atoms with van der Waals surface area (Å²) in [5.74, 6) is 0.641. The van der Waals surface area contributed by atoms with Crippen molar-refractivity contribution in [3.63, 3.8) is 0 Å². The third-order valence-corrected chi connectivity index (χ3v) is 3.83. The summed E-state index contributed by atoms with van der Waals surface area (Å²) in [5.41, 5.74) is 0.293. The van der Waals surface area contributed by atoms with Gasteiger partial charge in [0.2, 0.25) is 5.89 Å². The molecule has 1 fully saturated rings. The Balaban J connectivity index is 1.58. The fourth-order valence-electron chi connectivity index (χ4n) is 2.43. The molecule has 0 saturated carbocycles. The lowest BCUT2D eigenvalue weighted by Crippen LogP contribution is -2.48. The van der Waals surface area contributed by atoms with Gasteiger partial charge in [0.25, 0.3) is 5.91 Å². The first-order chi connectivity index (χ1) is 11.7. The molecule has 0 bridgehead atoms. The molecule has 1 aromatic carbocycles. The molecule has 0 aliphatic carbocycles. The number of carbonyl (C=O) groups excluding carboxylic acids is 1. The van der Waals surface area contributed by atoms with E-state index < -0.39 is 6.36 Å². The Morgan fingerprint density at radius 2 is 1.92 bits per heavy atom. The number of likely N-dealkylation sites (tertiary alicyclic amines) is 1. The molecule has 0 radical (unpaired) electrons. The van der Waals surface area contributed by atoms with Crippen LogP contribution in [0.1, 0.15) is 47.8 Å². The Kier molecular flexibility index (Phi) is 4.40. The molecule has 134 valence electrons. The fourth-order valence-corrected chi connectivity index (χ4v) is 2.43. The van der Waals surface area contributed by atoms with E-state index in [1.807, 2.05) is 13.8 Å². The predicted molar refractivity (Wildman–Crippen MR) is 80.2 cm³/mol. The van der Waals surface area contributed by atoms with Gasteiger partial charge in [-0.2, -0.15) is 4.98 Å². The van der Waals surface area contributed by atoms with E-state index in [-0.39, 0.29) is 23.5 Å². The molecule has 1 aliphatic heterocycles. The minimum atomic E-state index is -4.75. The van der Waals surface area contributed by atoms with E-state index in [0.29, 0.717) is 30.4 Å². The topological polar surface area (TPSA) is 68.5 Å². The van der Waals surface area contributed by atoms with Crippen LogP contribution in [0.2, 0.25) is 0 Å². The van der Waals surface area contributed by atoms with E-state index >= 15 is 0 Å². The zero-order valence-electron chi connectivity index (χ0n) is 13.6. The maximum Gasteiger partial charge on any atom is 0.573 e. The van der Waals surface area contributed by atoms with Crippen LogP contribution in [0.25, 0.3) is 0 Å². The molecule has 2 aromatic rings. The molecule has 25 heavy (non-hydrogen) atoms. The van der Waals surface area contributed by atoms with Crippen LogP contribution < -0.4 is 4.74 Å². The van der Waals surface area contributed by atoms with Crippen LogP contribution in [0.15, 0.2) is 28.8 Å². The second kappa shape index (κ2) is 6.38. The number of aromatic nitrogens is 2. The van der Waals surface area contributed by atoms with Crippen LogP contribution >= 0.6 is 0 Å². The molecule has 9 heteroatoms. The number of rotatable bonds is 4. The molecule has 2 heterocycles. The largest absolute Gasteiger partial charge is 0.573 e. The van der Waals surface area contributed by atoms with Gasteiger partial charge in [-0.1, -0.05) is 19.0 Å². The molecule has 1 saturated heterocycles. The Morgan fingerprint density at radius 3 is 2.44 bits per heavy atom. The lowest BCUT2D eigenvalue weighted by Gasteiger charge is -2.37. The van der Waals surface area contributed by atoms with Crippen LogP contribution in [0, 0.1) is 0 Å². The van der Waals surface area contributed by atoms with Gasteiger partial charge in [0.05, 0.1) is 5.92 Å². The number of benzene rings is 1. The first kappa shape index (κ1) is 17.2. The minimum absolute atomic E-state index is 0.0169. The Labute approximate surface area is 141 Å². The quantitative estimate of drug-likeness (QED) is 0.841. The van der Waals surface area contributed by atoms with E-state index in [4.69, 9.17) is 4.52 Å². The van der Waals surface area contributed by atoms with Crippen LogP contribution in [0.5, 0.6) is 5.75 Å². The van der Waals surface area contributed by atoms with Crippen molar-refractivity contribution in [2.45, 2.75) is 32.0 Å². The molecule has 1 aliphatic rings. The number of alkyl halides is 3. The monoisotopic (exact) mass is 355 g/mol. The normalized spacial score (nSPS) is 15.4. The summed E-state index contributed by atoms with van der Waals surface area (Å²) in [4.78, 5) is 18.2. The zero-order chi connectivity index (χ0) is 18.2. The third-order valence-electron chi connectivity index (χ3n) is 3.83. The van der Waals surface area contributed by atoms with Gasteiger partial charge in [0.15, 0.2) is 5.82 Å². The SMILES string of the molecule is CC(C)c1noc(C2CN(C(=O)c3ccc(OC(F)(F)F)cc3)C2)n1. The van der Waals surface area contributed by atoms with Crippen molar-refractivity contribution >= 4 is 5.91 Å². The summed E-state index contributed by atoms with van der Waals surface area (Å²) in [6, 6.07) is 4.84. The fraction of sp³-hybridized carbons (Fsp3) is 0.438. The summed E-state index contributed by atoms with van der Waals surface area (Å²) in [6.45, 7) is 4.77. The summed E-state index contributed by atoms with van der Waals surface area (Å²) in [6.07, 6.45) is -4.75. The number of halogens is 3. The van der Waals surface area contributed by atoms with E-state index in [1.54, 1.807) is 4.90 Å². The highest BCUT2D eigenvalue weighted by atomic mass is 19.4. The third kappa shape index (κ3) is 3.92. The van der Waals surface area contributed by atoms with Gasteiger partial charge in [-0.05, 0) is 24.3 Å². The zero-order valence-corrected chi connectivity index (χ0v) is 13.6. The average molecular weight is 355 g/mol. The van der Waals surface area contributed by atoms with Gasteiger partial charge in [0, 0.05) is 24.6 Å². The first-order valence-electron chi connectivity index (χ1n) is 7.71. The Bertz CT molecular complexity index is 750.